The predicted molar refractivity (Wildman–Crippen MR) is 73.8 cm³/mol. The van der Waals surface area contributed by atoms with Crippen LogP contribution in [0.5, 0.6) is 0 Å². The molecule has 1 aromatic heterocycles. The van der Waals surface area contributed by atoms with E-state index in [1.807, 2.05) is 23.1 Å². The van der Waals surface area contributed by atoms with Gasteiger partial charge in [0.2, 0.25) is 0 Å². The molecule has 2 aromatic rings. The Morgan fingerprint density at radius 2 is 2.05 bits per heavy atom. The number of hydrogen-bond donors (Lipinski definition) is 0. The van der Waals surface area contributed by atoms with Crippen LogP contribution < -0.4 is 0 Å². The van der Waals surface area contributed by atoms with E-state index in [9.17, 15) is 4.79 Å². The molecule has 4 nitrogen and oxygen atoms in total. The smallest absolute Gasteiger partial charge is 0.253 e. The molecular weight excluding hydrogens is 238 g/mol. The number of piperidine rings is 1. The van der Waals surface area contributed by atoms with E-state index in [0.717, 1.165) is 30.5 Å². The van der Waals surface area contributed by atoms with Crippen LogP contribution >= 0.6 is 0 Å². The van der Waals surface area contributed by atoms with Crippen molar-refractivity contribution in [2.45, 2.75) is 19.8 Å². The molecule has 0 unspecified atom stereocenters. The number of rotatable bonds is 1. The molecule has 0 aliphatic carbocycles. The number of hydrogen-bond acceptors (Lipinski definition) is 3. The third kappa shape index (κ3) is 2.43. The van der Waals surface area contributed by atoms with E-state index >= 15 is 0 Å². The van der Waals surface area contributed by atoms with Gasteiger partial charge in [-0.25, -0.2) is 0 Å². The minimum Gasteiger partial charge on any atom is -0.338 e. The average molecular weight is 255 g/mol. The lowest BCUT2D eigenvalue weighted by Gasteiger charge is -2.31. The summed E-state index contributed by atoms with van der Waals surface area (Å²) in [7, 11) is 0. The van der Waals surface area contributed by atoms with Gasteiger partial charge in [0, 0.05) is 31.0 Å². The molecule has 0 bridgehead atoms. The maximum Gasteiger partial charge on any atom is 0.253 e. The van der Waals surface area contributed by atoms with Crippen LogP contribution in [0, 0.1) is 5.92 Å². The van der Waals surface area contributed by atoms with Crippen LogP contribution in [0.4, 0.5) is 0 Å². The highest BCUT2D eigenvalue weighted by Crippen LogP contribution is 2.19. The van der Waals surface area contributed by atoms with Gasteiger partial charge in [-0.1, -0.05) is 6.92 Å². The summed E-state index contributed by atoms with van der Waals surface area (Å²) in [6, 6.07) is 5.55. The van der Waals surface area contributed by atoms with Crippen LogP contribution in [-0.2, 0) is 0 Å². The van der Waals surface area contributed by atoms with Gasteiger partial charge in [-0.3, -0.25) is 14.8 Å². The molecule has 1 amide bonds. The lowest BCUT2D eigenvalue weighted by atomic mass is 9.99. The van der Waals surface area contributed by atoms with E-state index in [2.05, 4.69) is 16.9 Å². The molecule has 98 valence electrons. The summed E-state index contributed by atoms with van der Waals surface area (Å²) in [6.45, 7) is 3.92. The van der Waals surface area contributed by atoms with Crippen molar-refractivity contribution >= 4 is 16.9 Å². The van der Waals surface area contributed by atoms with E-state index in [-0.39, 0.29) is 5.91 Å². The van der Waals surface area contributed by atoms with Crippen LogP contribution in [0.3, 0.4) is 0 Å². The second-order valence-corrected chi connectivity index (χ2v) is 5.26. The molecule has 2 heterocycles. The topological polar surface area (TPSA) is 46.1 Å². The van der Waals surface area contributed by atoms with E-state index < -0.39 is 0 Å². The first-order valence-corrected chi connectivity index (χ1v) is 6.74. The van der Waals surface area contributed by atoms with Crippen molar-refractivity contribution in [1.29, 1.82) is 0 Å². The molecule has 1 atom stereocenters. The van der Waals surface area contributed by atoms with Gasteiger partial charge in [-0.2, -0.15) is 0 Å². The number of nitrogens with zero attached hydrogens (tertiary/aromatic N) is 3. The van der Waals surface area contributed by atoms with E-state index in [0.29, 0.717) is 11.5 Å². The van der Waals surface area contributed by atoms with Crippen LogP contribution in [0.25, 0.3) is 11.0 Å². The van der Waals surface area contributed by atoms with Gasteiger partial charge in [0.05, 0.1) is 11.0 Å². The minimum absolute atomic E-state index is 0.110. The second kappa shape index (κ2) is 4.96. The maximum atomic E-state index is 12.5. The highest BCUT2D eigenvalue weighted by molar-refractivity contribution is 5.97. The number of aromatic nitrogens is 2. The Morgan fingerprint density at radius 3 is 2.84 bits per heavy atom. The number of likely N-dealkylation sites (tertiary alicyclic amines) is 1. The summed E-state index contributed by atoms with van der Waals surface area (Å²) in [5.74, 6) is 0.706. The number of carbonyl (C=O) groups is 1. The first-order valence-electron chi connectivity index (χ1n) is 6.74. The first-order chi connectivity index (χ1) is 9.24. The molecule has 0 radical (unpaired) electrons. The van der Waals surface area contributed by atoms with Gasteiger partial charge in [0.25, 0.3) is 5.91 Å². The number of amides is 1. The van der Waals surface area contributed by atoms with Crippen molar-refractivity contribution in [2.24, 2.45) is 5.92 Å². The molecule has 1 aromatic carbocycles. The Labute approximate surface area is 112 Å². The summed E-state index contributed by atoms with van der Waals surface area (Å²) in [6.07, 6.45) is 5.63. The van der Waals surface area contributed by atoms with Crippen molar-refractivity contribution < 1.29 is 4.79 Å². The fourth-order valence-corrected chi connectivity index (χ4v) is 2.65. The Hall–Kier alpha value is -1.97. The standard InChI is InChI=1S/C15H17N3O/c1-11-3-2-8-18(10-11)15(19)12-4-5-13-14(9-12)17-7-6-16-13/h4-7,9,11H,2-3,8,10H2,1H3/t11-/m1/s1. The van der Waals surface area contributed by atoms with Crippen LogP contribution in [0.2, 0.25) is 0 Å². The molecule has 1 aliphatic heterocycles. The maximum absolute atomic E-state index is 12.5. The fourth-order valence-electron chi connectivity index (χ4n) is 2.65. The van der Waals surface area contributed by atoms with E-state index in [1.165, 1.54) is 6.42 Å². The van der Waals surface area contributed by atoms with Gasteiger partial charge in [-0.05, 0) is 37.0 Å². The quantitative estimate of drug-likeness (QED) is 0.786. The Morgan fingerprint density at radius 1 is 1.26 bits per heavy atom. The summed E-state index contributed by atoms with van der Waals surface area (Å²) in [5, 5.41) is 0. The van der Waals surface area contributed by atoms with E-state index in [1.54, 1.807) is 12.4 Å². The lowest BCUT2D eigenvalue weighted by Crippen LogP contribution is -2.39. The molecule has 4 heteroatoms. The number of fused-ring (bicyclic) bond motifs is 1. The molecule has 1 aliphatic rings. The lowest BCUT2D eigenvalue weighted by molar-refractivity contribution is 0.0683. The number of benzene rings is 1. The van der Waals surface area contributed by atoms with E-state index in [4.69, 9.17) is 0 Å². The normalized spacial score (nSPS) is 19.6. The van der Waals surface area contributed by atoms with Crippen molar-refractivity contribution in [3.63, 3.8) is 0 Å². The van der Waals surface area contributed by atoms with Crippen LogP contribution in [-0.4, -0.2) is 33.9 Å². The van der Waals surface area contributed by atoms with Crippen molar-refractivity contribution in [3.8, 4) is 0 Å². The van der Waals surface area contributed by atoms with Gasteiger partial charge < -0.3 is 4.90 Å². The molecule has 1 saturated heterocycles. The van der Waals surface area contributed by atoms with Crippen molar-refractivity contribution in [2.75, 3.05) is 13.1 Å². The zero-order chi connectivity index (χ0) is 13.2. The van der Waals surface area contributed by atoms with Gasteiger partial charge >= 0.3 is 0 Å². The SMILES string of the molecule is C[C@@H]1CCCN(C(=O)c2ccc3nccnc3c2)C1. The second-order valence-electron chi connectivity index (χ2n) is 5.26. The van der Waals surface area contributed by atoms with Gasteiger partial charge in [0.1, 0.15) is 0 Å². The highest BCUT2D eigenvalue weighted by Gasteiger charge is 2.22. The van der Waals surface area contributed by atoms with Crippen LogP contribution in [0.1, 0.15) is 30.1 Å². The summed E-state index contributed by atoms with van der Waals surface area (Å²) < 4.78 is 0. The summed E-state index contributed by atoms with van der Waals surface area (Å²) in [5.41, 5.74) is 2.31. The summed E-state index contributed by atoms with van der Waals surface area (Å²) >= 11 is 0. The Bertz CT molecular complexity index is 611. The third-order valence-corrected chi connectivity index (χ3v) is 3.66. The largest absolute Gasteiger partial charge is 0.338 e. The highest BCUT2D eigenvalue weighted by atomic mass is 16.2. The van der Waals surface area contributed by atoms with Gasteiger partial charge in [0.15, 0.2) is 0 Å². The average Bonchev–Trinajstić information content (AvgIpc) is 2.46. The predicted octanol–water partition coefficient (Wildman–Crippen LogP) is 2.50. The molecule has 0 saturated carbocycles. The van der Waals surface area contributed by atoms with Crippen LogP contribution in [0.15, 0.2) is 30.6 Å². The van der Waals surface area contributed by atoms with Gasteiger partial charge in [-0.15, -0.1) is 0 Å². The zero-order valence-corrected chi connectivity index (χ0v) is 11.0. The third-order valence-electron chi connectivity index (χ3n) is 3.66. The summed E-state index contributed by atoms with van der Waals surface area (Å²) in [4.78, 5) is 22.9. The van der Waals surface area contributed by atoms with Crippen molar-refractivity contribution in [1.82, 2.24) is 14.9 Å². The molecule has 0 N–H and O–H groups in total. The fraction of sp³-hybridized carbons (Fsp3) is 0.400. The van der Waals surface area contributed by atoms with Crippen molar-refractivity contribution in [3.05, 3.63) is 36.2 Å². The molecule has 19 heavy (non-hydrogen) atoms. The molecular formula is C15H17N3O. The zero-order valence-electron chi connectivity index (χ0n) is 11.0. The Balaban J connectivity index is 1.88. The molecule has 0 spiro atoms. The molecule has 3 rings (SSSR count). The monoisotopic (exact) mass is 255 g/mol. The first kappa shape index (κ1) is 12.1. The Kier molecular flexibility index (Phi) is 3.15. The molecule has 1 fully saturated rings. The minimum atomic E-state index is 0.110. The number of carbonyl (C=O) groups excluding carboxylic acids is 1.